The summed E-state index contributed by atoms with van der Waals surface area (Å²) in [5, 5.41) is 2.86. The SMILES string of the molecule is CSc1ccccc1NC(=O)N(C)Cc1ccc(OC(F)F)cc1. The van der Waals surface area contributed by atoms with Crippen molar-refractivity contribution < 1.29 is 18.3 Å². The summed E-state index contributed by atoms with van der Waals surface area (Å²) >= 11 is 1.55. The summed E-state index contributed by atoms with van der Waals surface area (Å²) in [6.07, 6.45) is 1.94. The number of hydrogen-bond donors (Lipinski definition) is 1. The molecule has 0 atom stereocenters. The van der Waals surface area contributed by atoms with E-state index in [1.807, 2.05) is 30.5 Å². The van der Waals surface area contributed by atoms with Gasteiger partial charge in [-0.1, -0.05) is 24.3 Å². The van der Waals surface area contributed by atoms with Crippen LogP contribution in [0, 0.1) is 0 Å². The van der Waals surface area contributed by atoms with Crippen LogP contribution in [0.5, 0.6) is 5.75 Å². The van der Waals surface area contributed by atoms with Gasteiger partial charge in [0.15, 0.2) is 0 Å². The number of hydrogen-bond acceptors (Lipinski definition) is 3. The number of benzene rings is 2. The first-order valence-corrected chi connectivity index (χ1v) is 8.41. The van der Waals surface area contributed by atoms with E-state index in [1.165, 1.54) is 17.0 Å². The van der Waals surface area contributed by atoms with E-state index in [2.05, 4.69) is 10.1 Å². The molecular weight excluding hydrogens is 334 g/mol. The average Bonchev–Trinajstić information content (AvgIpc) is 2.56. The van der Waals surface area contributed by atoms with E-state index >= 15 is 0 Å². The lowest BCUT2D eigenvalue weighted by molar-refractivity contribution is -0.0498. The highest BCUT2D eigenvalue weighted by atomic mass is 32.2. The predicted octanol–water partition coefficient (Wildman–Crippen LogP) is 4.67. The summed E-state index contributed by atoms with van der Waals surface area (Å²) in [5.41, 5.74) is 1.56. The molecule has 0 saturated carbocycles. The summed E-state index contributed by atoms with van der Waals surface area (Å²) < 4.78 is 28.5. The second-order valence-corrected chi connectivity index (χ2v) is 5.86. The first-order valence-electron chi connectivity index (χ1n) is 7.18. The lowest BCUT2D eigenvalue weighted by Crippen LogP contribution is -2.31. The fraction of sp³-hybridized carbons (Fsp3) is 0.235. The van der Waals surface area contributed by atoms with E-state index in [4.69, 9.17) is 0 Å². The van der Waals surface area contributed by atoms with Crippen LogP contribution in [-0.2, 0) is 6.54 Å². The zero-order valence-corrected chi connectivity index (χ0v) is 14.1. The molecule has 0 aromatic heterocycles. The van der Waals surface area contributed by atoms with Gasteiger partial charge >= 0.3 is 12.6 Å². The second kappa shape index (κ2) is 8.54. The lowest BCUT2D eigenvalue weighted by Gasteiger charge is -2.19. The molecule has 1 N–H and O–H groups in total. The second-order valence-electron chi connectivity index (χ2n) is 5.01. The van der Waals surface area contributed by atoms with Crippen molar-refractivity contribution in [2.45, 2.75) is 18.1 Å². The molecular formula is C17H18F2N2O2S. The molecule has 0 saturated heterocycles. The highest BCUT2D eigenvalue weighted by Gasteiger charge is 2.12. The molecule has 128 valence electrons. The number of ether oxygens (including phenoxy) is 1. The van der Waals surface area contributed by atoms with Crippen LogP contribution in [0.25, 0.3) is 0 Å². The third-order valence-electron chi connectivity index (χ3n) is 3.26. The molecule has 2 amide bonds. The Morgan fingerprint density at radius 2 is 1.88 bits per heavy atom. The van der Waals surface area contributed by atoms with Crippen molar-refractivity contribution >= 4 is 23.5 Å². The standard InChI is InChI=1S/C17H18F2N2O2S/c1-21(11-12-7-9-13(10-8-12)23-16(18)19)17(22)20-14-5-3-4-6-15(14)24-2/h3-10,16H,11H2,1-2H3,(H,20,22). The van der Waals surface area contributed by atoms with Gasteiger partial charge in [0.25, 0.3) is 0 Å². The van der Waals surface area contributed by atoms with Gasteiger partial charge in [-0.2, -0.15) is 8.78 Å². The molecule has 4 nitrogen and oxygen atoms in total. The summed E-state index contributed by atoms with van der Waals surface area (Å²) in [4.78, 5) is 14.8. The molecule has 0 heterocycles. The van der Waals surface area contributed by atoms with Crippen molar-refractivity contribution in [2.24, 2.45) is 0 Å². The van der Waals surface area contributed by atoms with Crippen molar-refractivity contribution in [3.63, 3.8) is 0 Å². The van der Waals surface area contributed by atoms with Crippen molar-refractivity contribution in [1.82, 2.24) is 4.90 Å². The molecule has 0 bridgehead atoms. The Hall–Kier alpha value is -2.28. The average molecular weight is 352 g/mol. The number of urea groups is 1. The Balaban J connectivity index is 1.96. The quantitative estimate of drug-likeness (QED) is 0.768. The maximum absolute atomic E-state index is 12.3. The zero-order valence-electron chi connectivity index (χ0n) is 13.3. The normalized spacial score (nSPS) is 10.5. The molecule has 0 aliphatic carbocycles. The number of anilines is 1. The maximum atomic E-state index is 12.3. The zero-order chi connectivity index (χ0) is 17.5. The third-order valence-corrected chi connectivity index (χ3v) is 4.06. The van der Waals surface area contributed by atoms with Crippen molar-refractivity contribution in [2.75, 3.05) is 18.6 Å². The monoisotopic (exact) mass is 352 g/mol. The van der Waals surface area contributed by atoms with Gasteiger partial charge in [-0.05, 0) is 36.1 Å². The van der Waals surface area contributed by atoms with E-state index in [1.54, 1.807) is 30.9 Å². The highest BCUT2D eigenvalue weighted by molar-refractivity contribution is 7.98. The lowest BCUT2D eigenvalue weighted by atomic mass is 10.2. The smallest absolute Gasteiger partial charge is 0.387 e. The van der Waals surface area contributed by atoms with E-state index in [0.29, 0.717) is 6.54 Å². The van der Waals surface area contributed by atoms with Gasteiger partial charge in [-0.15, -0.1) is 11.8 Å². The van der Waals surface area contributed by atoms with Gasteiger partial charge < -0.3 is 15.0 Å². The Morgan fingerprint density at radius 1 is 1.21 bits per heavy atom. The van der Waals surface area contributed by atoms with Gasteiger partial charge in [-0.25, -0.2) is 4.79 Å². The van der Waals surface area contributed by atoms with Crippen LogP contribution < -0.4 is 10.1 Å². The van der Waals surface area contributed by atoms with Gasteiger partial charge in [0.05, 0.1) is 5.69 Å². The van der Waals surface area contributed by atoms with E-state index in [9.17, 15) is 13.6 Å². The number of rotatable bonds is 6. The third kappa shape index (κ3) is 5.13. The Morgan fingerprint density at radius 3 is 2.50 bits per heavy atom. The molecule has 0 radical (unpaired) electrons. The van der Waals surface area contributed by atoms with Crippen molar-refractivity contribution in [3.05, 3.63) is 54.1 Å². The fourth-order valence-corrected chi connectivity index (χ4v) is 2.63. The first-order chi connectivity index (χ1) is 11.5. The van der Waals surface area contributed by atoms with Crippen molar-refractivity contribution in [3.8, 4) is 5.75 Å². The van der Waals surface area contributed by atoms with Gasteiger partial charge in [0.2, 0.25) is 0 Å². The minimum atomic E-state index is -2.85. The molecule has 24 heavy (non-hydrogen) atoms. The Bertz CT molecular complexity index is 681. The number of thioether (sulfide) groups is 1. The molecule has 2 aromatic rings. The summed E-state index contributed by atoms with van der Waals surface area (Å²) in [6, 6.07) is 13.5. The first kappa shape index (κ1) is 18.1. The number of nitrogens with one attached hydrogen (secondary N) is 1. The molecule has 7 heteroatoms. The summed E-state index contributed by atoms with van der Waals surface area (Å²) in [7, 11) is 1.67. The molecule has 0 fully saturated rings. The molecule has 2 rings (SSSR count). The minimum absolute atomic E-state index is 0.0924. The summed E-state index contributed by atoms with van der Waals surface area (Å²) in [6.45, 7) is -2.50. The maximum Gasteiger partial charge on any atom is 0.387 e. The number of carbonyl (C=O) groups is 1. The number of para-hydroxylation sites is 1. The molecule has 0 aliphatic rings. The Labute approximate surface area is 143 Å². The molecule has 0 aliphatic heterocycles. The van der Waals surface area contributed by atoms with Gasteiger partial charge in [0.1, 0.15) is 5.75 Å². The van der Waals surface area contributed by atoms with Crippen LogP contribution in [-0.4, -0.2) is 30.8 Å². The summed E-state index contributed by atoms with van der Waals surface area (Å²) in [5.74, 6) is 0.0924. The van der Waals surface area contributed by atoms with Crippen LogP contribution in [0.4, 0.5) is 19.3 Å². The number of amides is 2. The van der Waals surface area contributed by atoms with Gasteiger partial charge in [-0.3, -0.25) is 0 Å². The number of halogens is 2. The molecule has 0 spiro atoms. The number of nitrogens with zero attached hydrogens (tertiary/aromatic N) is 1. The van der Waals surface area contributed by atoms with E-state index in [0.717, 1.165) is 16.1 Å². The van der Waals surface area contributed by atoms with Crippen LogP contribution in [0.1, 0.15) is 5.56 Å². The van der Waals surface area contributed by atoms with Crippen molar-refractivity contribution in [1.29, 1.82) is 0 Å². The number of carbonyl (C=O) groups excluding carboxylic acids is 1. The topological polar surface area (TPSA) is 41.6 Å². The van der Waals surface area contributed by atoms with Crippen LogP contribution in [0.3, 0.4) is 0 Å². The minimum Gasteiger partial charge on any atom is -0.435 e. The highest BCUT2D eigenvalue weighted by Crippen LogP contribution is 2.25. The largest absolute Gasteiger partial charge is 0.435 e. The fourth-order valence-electron chi connectivity index (χ4n) is 2.08. The Kier molecular flexibility index (Phi) is 6.43. The van der Waals surface area contributed by atoms with Crippen LogP contribution in [0.2, 0.25) is 0 Å². The van der Waals surface area contributed by atoms with E-state index < -0.39 is 6.61 Å². The molecule has 0 unspecified atom stereocenters. The van der Waals surface area contributed by atoms with E-state index in [-0.39, 0.29) is 11.8 Å². The molecule has 2 aromatic carbocycles. The number of alkyl halides is 2. The van der Waals surface area contributed by atoms with Gasteiger partial charge in [0, 0.05) is 18.5 Å². The van der Waals surface area contributed by atoms with Crippen LogP contribution >= 0.6 is 11.8 Å². The predicted molar refractivity (Wildman–Crippen MR) is 91.8 cm³/mol. The van der Waals surface area contributed by atoms with Crippen LogP contribution in [0.15, 0.2) is 53.4 Å².